The lowest BCUT2D eigenvalue weighted by Gasteiger charge is -2.17. The van der Waals surface area contributed by atoms with Crippen LogP contribution in [-0.2, 0) is 0 Å². The molecule has 0 bridgehead atoms. The molecule has 1 heterocycles. The van der Waals surface area contributed by atoms with E-state index in [1.807, 2.05) is 18.2 Å². The average Bonchev–Trinajstić information content (AvgIpc) is 2.52. The van der Waals surface area contributed by atoms with Gasteiger partial charge in [0, 0.05) is 4.47 Å². The van der Waals surface area contributed by atoms with Crippen molar-refractivity contribution < 1.29 is 4.74 Å². The van der Waals surface area contributed by atoms with E-state index in [-0.39, 0.29) is 6.10 Å². The Hall–Kier alpha value is -0.250. The zero-order chi connectivity index (χ0) is 11.4. The molecule has 88 valence electrons. The Balaban J connectivity index is 2.04. The Morgan fingerprint density at radius 2 is 2.19 bits per heavy atom. The van der Waals surface area contributed by atoms with Crippen molar-refractivity contribution in [3.63, 3.8) is 0 Å². The zero-order valence-corrected chi connectivity index (χ0v) is 11.4. The lowest BCUT2D eigenvalue weighted by atomic mass is 10.1. The minimum Gasteiger partial charge on any atom is -0.489 e. The Kier molecular flexibility index (Phi) is 4.50. The van der Waals surface area contributed by atoms with Gasteiger partial charge in [0.05, 0.1) is 5.02 Å². The van der Waals surface area contributed by atoms with Crippen LogP contribution < -0.4 is 10.1 Å². The van der Waals surface area contributed by atoms with E-state index in [4.69, 9.17) is 16.3 Å². The smallest absolute Gasteiger partial charge is 0.139 e. The van der Waals surface area contributed by atoms with Gasteiger partial charge in [-0.2, -0.15) is 0 Å². The molecule has 0 aromatic heterocycles. The zero-order valence-electron chi connectivity index (χ0n) is 9.01. The minimum atomic E-state index is 0.279. The Morgan fingerprint density at radius 3 is 3.06 bits per heavy atom. The van der Waals surface area contributed by atoms with Gasteiger partial charge in [-0.1, -0.05) is 27.5 Å². The van der Waals surface area contributed by atoms with Crippen LogP contribution in [0, 0.1) is 0 Å². The maximum atomic E-state index is 6.09. The summed E-state index contributed by atoms with van der Waals surface area (Å²) in [7, 11) is 0. The third-order valence-electron chi connectivity index (χ3n) is 2.71. The molecule has 1 fully saturated rings. The number of benzene rings is 1. The molecule has 2 nitrogen and oxygen atoms in total. The molecular formula is C12H15BrClNO. The van der Waals surface area contributed by atoms with Crippen molar-refractivity contribution in [3.05, 3.63) is 27.7 Å². The Morgan fingerprint density at radius 1 is 1.31 bits per heavy atom. The van der Waals surface area contributed by atoms with Crippen LogP contribution in [0.4, 0.5) is 0 Å². The summed E-state index contributed by atoms with van der Waals surface area (Å²) in [5.41, 5.74) is 0. The second-order valence-corrected chi connectivity index (χ2v) is 5.32. The van der Waals surface area contributed by atoms with Crippen LogP contribution in [0.15, 0.2) is 22.7 Å². The third-order valence-corrected chi connectivity index (χ3v) is 3.52. The van der Waals surface area contributed by atoms with E-state index in [1.165, 1.54) is 0 Å². The number of rotatable bonds is 2. The normalized spacial score (nSPS) is 21.5. The summed E-state index contributed by atoms with van der Waals surface area (Å²) >= 11 is 9.52. The second-order valence-electron chi connectivity index (χ2n) is 4.00. The van der Waals surface area contributed by atoms with Gasteiger partial charge in [-0.25, -0.2) is 0 Å². The van der Waals surface area contributed by atoms with Crippen LogP contribution in [0.3, 0.4) is 0 Å². The fourth-order valence-corrected chi connectivity index (χ4v) is 2.35. The summed E-state index contributed by atoms with van der Waals surface area (Å²) in [6, 6.07) is 5.71. The van der Waals surface area contributed by atoms with E-state index in [1.54, 1.807) is 0 Å². The molecule has 0 amide bonds. The molecule has 1 saturated heterocycles. The highest BCUT2D eigenvalue weighted by Gasteiger charge is 2.14. The molecule has 0 spiro atoms. The van der Waals surface area contributed by atoms with Crippen molar-refractivity contribution in [3.8, 4) is 5.75 Å². The highest BCUT2D eigenvalue weighted by Crippen LogP contribution is 2.29. The summed E-state index contributed by atoms with van der Waals surface area (Å²) in [4.78, 5) is 0. The molecule has 2 rings (SSSR count). The maximum Gasteiger partial charge on any atom is 0.139 e. The lowest BCUT2D eigenvalue weighted by molar-refractivity contribution is 0.187. The summed E-state index contributed by atoms with van der Waals surface area (Å²) in [5, 5.41) is 4.05. The quantitative estimate of drug-likeness (QED) is 0.901. The molecule has 1 atom stereocenters. The molecule has 1 aromatic rings. The number of nitrogens with one attached hydrogen (secondary N) is 1. The van der Waals surface area contributed by atoms with E-state index >= 15 is 0 Å². The first-order valence-electron chi connectivity index (χ1n) is 5.58. The molecule has 1 aliphatic heterocycles. The van der Waals surface area contributed by atoms with E-state index in [9.17, 15) is 0 Å². The van der Waals surface area contributed by atoms with E-state index in [0.717, 1.165) is 42.6 Å². The third kappa shape index (κ3) is 3.37. The molecular weight excluding hydrogens is 289 g/mol. The first-order chi connectivity index (χ1) is 7.75. The fourth-order valence-electron chi connectivity index (χ4n) is 1.85. The van der Waals surface area contributed by atoms with Gasteiger partial charge >= 0.3 is 0 Å². The topological polar surface area (TPSA) is 21.3 Å². The average molecular weight is 305 g/mol. The summed E-state index contributed by atoms with van der Waals surface area (Å²) in [5.74, 6) is 0.781. The van der Waals surface area contributed by atoms with Crippen molar-refractivity contribution in [1.29, 1.82) is 0 Å². The van der Waals surface area contributed by atoms with Crippen molar-refractivity contribution in [2.45, 2.75) is 25.4 Å². The van der Waals surface area contributed by atoms with Gasteiger partial charge in [-0.05, 0) is 50.6 Å². The van der Waals surface area contributed by atoms with Gasteiger partial charge in [0.25, 0.3) is 0 Å². The number of hydrogen-bond donors (Lipinski definition) is 1. The van der Waals surface area contributed by atoms with Gasteiger partial charge < -0.3 is 10.1 Å². The number of hydrogen-bond acceptors (Lipinski definition) is 2. The standard InChI is InChI=1S/C12H15BrClNO/c13-9-3-4-11(14)12(8-9)16-10-2-1-6-15-7-5-10/h3-4,8,10,15H,1-2,5-7H2. The Labute approximate surface area is 109 Å². The summed E-state index contributed by atoms with van der Waals surface area (Å²) in [6.07, 6.45) is 3.58. The molecule has 0 aliphatic carbocycles. The van der Waals surface area contributed by atoms with Crippen LogP contribution in [0.25, 0.3) is 0 Å². The molecule has 4 heteroatoms. The predicted octanol–water partition coefficient (Wildman–Crippen LogP) is 3.62. The van der Waals surface area contributed by atoms with Crippen molar-refractivity contribution in [2.24, 2.45) is 0 Å². The molecule has 1 aromatic carbocycles. The molecule has 0 saturated carbocycles. The maximum absolute atomic E-state index is 6.09. The van der Waals surface area contributed by atoms with Crippen LogP contribution >= 0.6 is 27.5 Å². The highest BCUT2D eigenvalue weighted by atomic mass is 79.9. The molecule has 1 N–H and O–H groups in total. The second kappa shape index (κ2) is 5.89. The van der Waals surface area contributed by atoms with Crippen molar-refractivity contribution >= 4 is 27.5 Å². The number of ether oxygens (including phenoxy) is 1. The van der Waals surface area contributed by atoms with Crippen LogP contribution in [0.1, 0.15) is 19.3 Å². The van der Waals surface area contributed by atoms with Gasteiger partial charge in [-0.15, -0.1) is 0 Å². The first-order valence-corrected chi connectivity index (χ1v) is 6.75. The first kappa shape index (κ1) is 12.2. The Bertz CT molecular complexity index is 351. The van der Waals surface area contributed by atoms with Crippen LogP contribution in [-0.4, -0.2) is 19.2 Å². The predicted molar refractivity (Wildman–Crippen MR) is 70.3 cm³/mol. The largest absolute Gasteiger partial charge is 0.489 e. The van der Waals surface area contributed by atoms with Crippen LogP contribution in [0.5, 0.6) is 5.75 Å². The van der Waals surface area contributed by atoms with E-state index in [0.29, 0.717) is 5.02 Å². The fraction of sp³-hybridized carbons (Fsp3) is 0.500. The van der Waals surface area contributed by atoms with E-state index < -0.39 is 0 Å². The van der Waals surface area contributed by atoms with Gasteiger partial charge in [-0.3, -0.25) is 0 Å². The van der Waals surface area contributed by atoms with Gasteiger partial charge in [0.2, 0.25) is 0 Å². The molecule has 1 aliphatic rings. The van der Waals surface area contributed by atoms with Gasteiger partial charge in [0.15, 0.2) is 0 Å². The van der Waals surface area contributed by atoms with Crippen molar-refractivity contribution in [2.75, 3.05) is 13.1 Å². The lowest BCUT2D eigenvalue weighted by Crippen LogP contribution is -2.19. The molecule has 0 radical (unpaired) electrons. The molecule has 1 unspecified atom stereocenters. The highest BCUT2D eigenvalue weighted by molar-refractivity contribution is 9.10. The summed E-state index contributed by atoms with van der Waals surface area (Å²) in [6.45, 7) is 2.11. The van der Waals surface area contributed by atoms with Gasteiger partial charge in [0.1, 0.15) is 11.9 Å². The van der Waals surface area contributed by atoms with E-state index in [2.05, 4.69) is 21.2 Å². The van der Waals surface area contributed by atoms with Crippen molar-refractivity contribution in [1.82, 2.24) is 5.32 Å². The summed E-state index contributed by atoms with van der Waals surface area (Å²) < 4.78 is 6.94. The number of halogens is 2. The van der Waals surface area contributed by atoms with Crippen LogP contribution in [0.2, 0.25) is 5.02 Å². The molecule has 16 heavy (non-hydrogen) atoms. The SMILES string of the molecule is Clc1ccc(Br)cc1OC1CCCNCC1. The minimum absolute atomic E-state index is 0.279. The monoisotopic (exact) mass is 303 g/mol.